The lowest BCUT2D eigenvalue weighted by Gasteiger charge is -2.20. The fourth-order valence-electron chi connectivity index (χ4n) is 2.25. The van der Waals surface area contributed by atoms with Crippen molar-refractivity contribution in [3.05, 3.63) is 0 Å². The highest BCUT2D eigenvalue weighted by Gasteiger charge is 2.38. The molecule has 1 aliphatic heterocycles. The molecule has 2 N–H and O–H groups in total. The van der Waals surface area contributed by atoms with Gasteiger partial charge in [-0.25, -0.2) is 4.79 Å². The lowest BCUT2D eigenvalue weighted by Crippen LogP contribution is -2.39. The number of urea groups is 1. The Balaban J connectivity index is 2.02. The number of hydrogen-bond acceptors (Lipinski definition) is 3. The number of rotatable bonds is 2. The van der Waals surface area contributed by atoms with Gasteiger partial charge in [-0.15, -0.1) is 0 Å². The van der Waals surface area contributed by atoms with Gasteiger partial charge in [0, 0.05) is 12.6 Å². The highest BCUT2D eigenvalue weighted by Crippen LogP contribution is 2.29. The first-order valence-electron chi connectivity index (χ1n) is 4.93. The van der Waals surface area contributed by atoms with E-state index in [1.165, 1.54) is 4.90 Å². The van der Waals surface area contributed by atoms with Gasteiger partial charge in [0.1, 0.15) is 0 Å². The summed E-state index contributed by atoms with van der Waals surface area (Å²) in [6.07, 6.45) is 2.47. The van der Waals surface area contributed by atoms with Gasteiger partial charge in [-0.1, -0.05) is 0 Å². The number of aliphatic hydroxyl groups is 1. The lowest BCUT2D eigenvalue weighted by molar-refractivity contribution is -0.126. The largest absolute Gasteiger partial charge is 0.396 e. The summed E-state index contributed by atoms with van der Waals surface area (Å²) in [6, 6.07) is -0.277. The van der Waals surface area contributed by atoms with Gasteiger partial charge >= 0.3 is 6.03 Å². The van der Waals surface area contributed by atoms with Crippen LogP contribution in [0.25, 0.3) is 0 Å². The van der Waals surface area contributed by atoms with Crippen molar-refractivity contribution in [1.29, 1.82) is 0 Å². The first-order valence-corrected chi connectivity index (χ1v) is 4.93. The Morgan fingerprint density at radius 2 is 2.21 bits per heavy atom. The Bertz CT molecular complexity index is 251. The van der Waals surface area contributed by atoms with E-state index >= 15 is 0 Å². The number of imide groups is 1. The third-order valence-electron chi connectivity index (χ3n) is 3.02. The van der Waals surface area contributed by atoms with Crippen LogP contribution >= 0.6 is 0 Å². The number of aliphatic hydroxyl groups excluding tert-OH is 1. The second kappa shape index (κ2) is 3.57. The SMILES string of the molecule is O=C1CNC(=O)N1C1CCC(CO)C1. The van der Waals surface area contributed by atoms with Gasteiger partial charge in [0.15, 0.2) is 0 Å². The van der Waals surface area contributed by atoms with E-state index < -0.39 is 0 Å². The van der Waals surface area contributed by atoms with Crippen LogP contribution in [0.2, 0.25) is 0 Å². The first-order chi connectivity index (χ1) is 6.72. The van der Waals surface area contributed by atoms with Crippen molar-refractivity contribution in [2.45, 2.75) is 25.3 Å². The second-order valence-electron chi connectivity index (χ2n) is 3.94. The maximum absolute atomic E-state index is 11.3. The Kier molecular flexibility index (Phi) is 2.41. The van der Waals surface area contributed by atoms with Crippen LogP contribution in [0.3, 0.4) is 0 Å². The zero-order valence-corrected chi connectivity index (χ0v) is 7.90. The molecule has 3 amide bonds. The second-order valence-corrected chi connectivity index (χ2v) is 3.94. The maximum Gasteiger partial charge on any atom is 0.324 e. The van der Waals surface area contributed by atoms with Crippen LogP contribution in [-0.2, 0) is 4.79 Å². The van der Waals surface area contributed by atoms with E-state index in [4.69, 9.17) is 5.11 Å². The van der Waals surface area contributed by atoms with Crippen LogP contribution in [-0.4, -0.2) is 41.1 Å². The molecule has 1 saturated carbocycles. The summed E-state index contributed by atoms with van der Waals surface area (Å²) in [5.41, 5.74) is 0. The quantitative estimate of drug-likeness (QED) is 0.598. The van der Waals surface area contributed by atoms with E-state index in [0.717, 1.165) is 19.3 Å². The summed E-state index contributed by atoms with van der Waals surface area (Å²) in [5, 5.41) is 11.5. The zero-order valence-electron chi connectivity index (χ0n) is 7.90. The Hall–Kier alpha value is -1.10. The molecule has 2 unspecified atom stereocenters. The van der Waals surface area contributed by atoms with Crippen molar-refractivity contribution in [3.63, 3.8) is 0 Å². The summed E-state index contributed by atoms with van der Waals surface area (Å²) >= 11 is 0. The molecule has 2 rings (SSSR count). The molecule has 0 aromatic heterocycles. The van der Waals surface area contributed by atoms with Crippen LogP contribution in [0.1, 0.15) is 19.3 Å². The van der Waals surface area contributed by atoms with Gasteiger partial charge in [-0.2, -0.15) is 0 Å². The van der Waals surface area contributed by atoms with E-state index in [0.29, 0.717) is 0 Å². The fourth-order valence-corrected chi connectivity index (χ4v) is 2.25. The van der Waals surface area contributed by atoms with Crippen LogP contribution in [0.4, 0.5) is 4.79 Å². The summed E-state index contributed by atoms with van der Waals surface area (Å²) in [6.45, 7) is 0.277. The molecule has 5 nitrogen and oxygen atoms in total. The standard InChI is InChI=1S/C9H14N2O3/c12-5-6-1-2-7(3-6)11-8(13)4-10-9(11)14/h6-7,12H,1-5H2,(H,10,14). The van der Waals surface area contributed by atoms with E-state index in [9.17, 15) is 9.59 Å². The molecule has 1 aliphatic carbocycles. The average molecular weight is 198 g/mol. The number of nitrogens with zero attached hydrogens (tertiary/aromatic N) is 1. The number of nitrogens with one attached hydrogen (secondary N) is 1. The molecular weight excluding hydrogens is 184 g/mol. The summed E-state index contributed by atoms with van der Waals surface area (Å²) in [4.78, 5) is 24.0. The number of carbonyl (C=O) groups excluding carboxylic acids is 2. The molecule has 2 fully saturated rings. The van der Waals surface area contributed by atoms with Crippen molar-refractivity contribution in [1.82, 2.24) is 10.2 Å². The normalized spacial score (nSPS) is 32.5. The molecule has 0 spiro atoms. The molecule has 0 aromatic carbocycles. The topological polar surface area (TPSA) is 69.6 Å². The van der Waals surface area contributed by atoms with Crippen molar-refractivity contribution in [2.75, 3.05) is 13.2 Å². The van der Waals surface area contributed by atoms with Crippen LogP contribution in [0, 0.1) is 5.92 Å². The van der Waals surface area contributed by atoms with Gasteiger partial charge in [0.25, 0.3) is 0 Å². The summed E-state index contributed by atoms with van der Waals surface area (Å²) < 4.78 is 0. The van der Waals surface area contributed by atoms with Gasteiger partial charge < -0.3 is 10.4 Å². The number of hydrogen-bond donors (Lipinski definition) is 2. The van der Waals surface area contributed by atoms with E-state index in [2.05, 4.69) is 5.32 Å². The van der Waals surface area contributed by atoms with Crippen LogP contribution in [0.5, 0.6) is 0 Å². The molecular formula is C9H14N2O3. The Morgan fingerprint density at radius 3 is 2.71 bits per heavy atom. The summed E-state index contributed by atoms with van der Waals surface area (Å²) in [5.74, 6) is 0.111. The third-order valence-corrected chi connectivity index (χ3v) is 3.02. The highest BCUT2D eigenvalue weighted by atomic mass is 16.3. The zero-order chi connectivity index (χ0) is 10.1. The van der Waals surface area contributed by atoms with Gasteiger partial charge in [0.2, 0.25) is 5.91 Å². The van der Waals surface area contributed by atoms with E-state index in [1.807, 2.05) is 0 Å². The van der Waals surface area contributed by atoms with Crippen molar-refractivity contribution in [3.8, 4) is 0 Å². The molecule has 1 heterocycles. The smallest absolute Gasteiger partial charge is 0.324 e. The molecule has 78 valence electrons. The molecule has 5 heteroatoms. The molecule has 0 radical (unpaired) electrons. The van der Waals surface area contributed by atoms with Gasteiger partial charge in [-0.05, 0) is 25.2 Å². The first kappa shape index (κ1) is 9.45. The summed E-state index contributed by atoms with van der Waals surface area (Å²) in [7, 11) is 0. The molecule has 1 saturated heterocycles. The molecule has 2 aliphatic rings. The minimum atomic E-state index is -0.279. The number of carbonyl (C=O) groups is 2. The Labute approximate surface area is 82.1 Å². The van der Waals surface area contributed by atoms with E-state index in [1.54, 1.807) is 0 Å². The van der Waals surface area contributed by atoms with Crippen molar-refractivity contribution in [2.24, 2.45) is 5.92 Å². The maximum atomic E-state index is 11.3. The lowest BCUT2D eigenvalue weighted by atomic mass is 10.1. The predicted molar refractivity (Wildman–Crippen MR) is 48.5 cm³/mol. The molecule has 2 atom stereocenters. The molecule has 0 bridgehead atoms. The average Bonchev–Trinajstić information content (AvgIpc) is 2.73. The van der Waals surface area contributed by atoms with Crippen molar-refractivity contribution < 1.29 is 14.7 Å². The Morgan fingerprint density at radius 1 is 1.43 bits per heavy atom. The monoisotopic (exact) mass is 198 g/mol. The van der Waals surface area contributed by atoms with E-state index in [-0.39, 0.29) is 37.0 Å². The highest BCUT2D eigenvalue weighted by molar-refractivity contribution is 6.02. The third kappa shape index (κ3) is 1.48. The predicted octanol–water partition coefficient (Wildman–Crippen LogP) is -0.301. The van der Waals surface area contributed by atoms with Crippen molar-refractivity contribution >= 4 is 11.9 Å². The van der Waals surface area contributed by atoms with Gasteiger partial charge in [-0.3, -0.25) is 9.69 Å². The van der Waals surface area contributed by atoms with Crippen LogP contribution < -0.4 is 5.32 Å². The molecule has 0 aromatic rings. The molecule has 14 heavy (non-hydrogen) atoms. The minimum Gasteiger partial charge on any atom is -0.396 e. The van der Waals surface area contributed by atoms with Crippen LogP contribution in [0.15, 0.2) is 0 Å². The fraction of sp³-hybridized carbons (Fsp3) is 0.778. The minimum absolute atomic E-state index is 0.00199. The number of amides is 3. The van der Waals surface area contributed by atoms with Gasteiger partial charge in [0.05, 0.1) is 6.54 Å².